The molecule has 0 fully saturated rings. The monoisotopic (exact) mass is 400 g/mol. The normalized spacial score (nSPS) is 16.6. The molecular formula is C24H20N2O4. The number of methoxy groups -OCH3 is 1. The van der Waals surface area contributed by atoms with Gasteiger partial charge in [0.25, 0.3) is 0 Å². The Morgan fingerprint density at radius 1 is 1.17 bits per heavy atom. The largest absolute Gasteiger partial charge is 0.496 e. The van der Waals surface area contributed by atoms with Crippen molar-refractivity contribution in [1.29, 1.82) is 0 Å². The standard InChI is InChI=1S/C24H20N2O4/c1-28-20-7-3-2-6-17(20)11-22-23(27)18-8-9-21-19(24(18)30-22)14-26(15-29-21)13-16-5-4-10-25-12-16/h2-12H,13-15H2,1H3/b22-11-. The highest BCUT2D eigenvalue weighted by Gasteiger charge is 2.33. The minimum Gasteiger partial charge on any atom is -0.496 e. The molecule has 0 radical (unpaired) electrons. The van der Waals surface area contributed by atoms with Gasteiger partial charge in [-0.15, -0.1) is 0 Å². The molecule has 150 valence electrons. The number of ketones is 1. The van der Waals surface area contributed by atoms with Crippen molar-refractivity contribution in [1.82, 2.24) is 9.88 Å². The number of nitrogens with zero attached hydrogens (tertiary/aromatic N) is 2. The van der Waals surface area contributed by atoms with E-state index >= 15 is 0 Å². The molecular weight excluding hydrogens is 380 g/mol. The minimum atomic E-state index is -0.136. The van der Waals surface area contributed by atoms with Crippen LogP contribution in [0.4, 0.5) is 0 Å². The third-order valence-electron chi connectivity index (χ3n) is 5.24. The van der Waals surface area contributed by atoms with E-state index in [0.29, 0.717) is 36.9 Å². The number of ether oxygens (including phenoxy) is 3. The van der Waals surface area contributed by atoms with Crippen molar-refractivity contribution in [2.75, 3.05) is 13.8 Å². The second kappa shape index (κ2) is 7.65. The van der Waals surface area contributed by atoms with Gasteiger partial charge in [-0.3, -0.25) is 14.7 Å². The zero-order valence-electron chi connectivity index (χ0n) is 16.5. The predicted molar refractivity (Wildman–Crippen MR) is 111 cm³/mol. The summed E-state index contributed by atoms with van der Waals surface area (Å²) in [5.74, 6) is 2.16. The number of hydrogen-bond donors (Lipinski definition) is 0. The Morgan fingerprint density at radius 3 is 2.90 bits per heavy atom. The zero-order valence-corrected chi connectivity index (χ0v) is 16.5. The van der Waals surface area contributed by atoms with Crippen LogP contribution in [0.15, 0.2) is 66.7 Å². The Bertz CT molecular complexity index is 1140. The molecule has 0 bridgehead atoms. The summed E-state index contributed by atoms with van der Waals surface area (Å²) in [7, 11) is 1.61. The quantitative estimate of drug-likeness (QED) is 0.616. The molecule has 0 N–H and O–H groups in total. The molecule has 3 heterocycles. The second-order valence-corrected chi connectivity index (χ2v) is 7.22. The molecule has 6 nitrogen and oxygen atoms in total. The lowest BCUT2D eigenvalue weighted by molar-refractivity contribution is 0.0872. The van der Waals surface area contributed by atoms with E-state index in [4.69, 9.17) is 14.2 Å². The highest BCUT2D eigenvalue weighted by molar-refractivity contribution is 6.15. The maximum atomic E-state index is 13.0. The van der Waals surface area contributed by atoms with Gasteiger partial charge in [0.15, 0.2) is 5.76 Å². The molecule has 2 aliphatic rings. The zero-order chi connectivity index (χ0) is 20.5. The number of allylic oxidation sites excluding steroid dienone is 1. The lowest BCUT2D eigenvalue weighted by Gasteiger charge is -2.29. The van der Waals surface area contributed by atoms with E-state index in [9.17, 15) is 4.79 Å². The van der Waals surface area contributed by atoms with E-state index in [1.807, 2.05) is 48.7 Å². The van der Waals surface area contributed by atoms with Gasteiger partial charge in [0.05, 0.1) is 18.2 Å². The summed E-state index contributed by atoms with van der Waals surface area (Å²) < 4.78 is 17.4. The van der Waals surface area contributed by atoms with Crippen molar-refractivity contribution in [3.63, 3.8) is 0 Å². The first-order valence-electron chi connectivity index (χ1n) is 9.70. The van der Waals surface area contributed by atoms with Crippen LogP contribution in [0.3, 0.4) is 0 Å². The summed E-state index contributed by atoms with van der Waals surface area (Å²) in [5.41, 5.74) is 3.34. The number of benzene rings is 2. The first-order chi connectivity index (χ1) is 14.7. The molecule has 2 aliphatic heterocycles. The molecule has 5 rings (SSSR count). The number of fused-ring (bicyclic) bond motifs is 3. The van der Waals surface area contributed by atoms with Crippen LogP contribution in [0.5, 0.6) is 17.2 Å². The highest BCUT2D eigenvalue weighted by atomic mass is 16.5. The maximum Gasteiger partial charge on any atom is 0.231 e. The molecule has 30 heavy (non-hydrogen) atoms. The summed E-state index contributed by atoms with van der Waals surface area (Å²) in [4.78, 5) is 19.3. The molecule has 0 aliphatic carbocycles. The Morgan fingerprint density at radius 2 is 2.07 bits per heavy atom. The van der Waals surface area contributed by atoms with Gasteiger partial charge in [-0.2, -0.15) is 0 Å². The third-order valence-corrected chi connectivity index (χ3v) is 5.24. The number of rotatable bonds is 4. The topological polar surface area (TPSA) is 60.9 Å². The molecule has 2 aromatic carbocycles. The number of para-hydroxylation sites is 1. The van der Waals surface area contributed by atoms with Crippen molar-refractivity contribution < 1.29 is 19.0 Å². The number of carbonyl (C=O) groups excluding carboxylic acids is 1. The minimum absolute atomic E-state index is 0.136. The van der Waals surface area contributed by atoms with Crippen LogP contribution in [-0.4, -0.2) is 29.5 Å². The van der Waals surface area contributed by atoms with Crippen LogP contribution >= 0.6 is 0 Å². The summed E-state index contributed by atoms with van der Waals surface area (Å²) in [6, 6.07) is 15.1. The average molecular weight is 400 g/mol. The van der Waals surface area contributed by atoms with Crippen molar-refractivity contribution in [2.24, 2.45) is 0 Å². The number of aromatic nitrogens is 1. The van der Waals surface area contributed by atoms with Gasteiger partial charge >= 0.3 is 0 Å². The molecule has 0 saturated carbocycles. The van der Waals surface area contributed by atoms with Gasteiger partial charge < -0.3 is 14.2 Å². The molecule has 6 heteroatoms. The molecule has 0 spiro atoms. The van der Waals surface area contributed by atoms with Crippen LogP contribution in [0.25, 0.3) is 6.08 Å². The van der Waals surface area contributed by atoms with E-state index in [1.54, 1.807) is 25.4 Å². The number of hydrogen-bond acceptors (Lipinski definition) is 6. The molecule has 0 amide bonds. The van der Waals surface area contributed by atoms with Gasteiger partial charge in [0, 0.05) is 31.0 Å². The Labute approximate surface area is 174 Å². The number of carbonyl (C=O) groups is 1. The Hall–Kier alpha value is -3.64. The van der Waals surface area contributed by atoms with Crippen LogP contribution in [-0.2, 0) is 13.1 Å². The van der Waals surface area contributed by atoms with E-state index in [2.05, 4.69) is 9.88 Å². The third kappa shape index (κ3) is 3.31. The van der Waals surface area contributed by atoms with Crippen LogP contribution in [0, 0.1) is 0 Å². The fraction of sp³-hybridized carbons (Fsp3) is 0.167. The van der Waals surface area contributed by atoms with Crippen LogP contribution in [0.2, 0.25) is 0 Å². The van der Waals surface area contributed by atoms with Crippen LogP contribution < -0.4 is 14.2 Å². The van der Waals surface area contributed by atoms with Gasteiger partial charge in [-0.05, 0) is 35.9 Å². The Balaban J connectivity index is 1.45. The fourth-order valence-corrected chi connectivity index (χ4v) is 3.78. The van der Waals surface area contributed by atoms with E-state index < -0.39 is 0 Å². The van der Waals surface area contributed by atoms with Gasteiger partial charge in [0.2, 0.25) is 5.78 Å². The van der Waals surface area contributed by atoms with E-state index in [0.717, 1.165) is 22.4 Å². The second-order valence-electron chi connectivity index (χ2n) is 7.22. The summed E-state index contributed by atoms with van der Waals surface area (Å²) in [6.07, 6.45) is 5.33. The molecule has 0 unspecified atom stereocenters. The predicted octanol–water partition coefficient (Wildman–Crippen LogP) is 4.06. The average Bonchev–Trinajstić information content (AvgIpc) is 3.11. The van der Waals surface area contributed by atoms with Crippen molar-refractivity contribution >= 4 is 11.9 Å². The van der Waals surface area contributed by atoms with Crippen molar-refractivity contribution in [3.8, 4) is 17.2 Å². The summed E-state index contributed by atoms with van der Waals surface area (Å²) >= 11 is 0. The lowest BCUT2D eigenvalue weighted by atomic mass is 10.0. The molecule has 3 aromatic rings. The molecule has 0 saturated heterocycles. The first kappa shape index (κ1) is 18.4. The van der Waals surface area contributed by atoms with E-state index in [1.165, 1.54) is 0 Å². The first-order valence-corrected chi connectivity index (χ1v) is 9.70. The van der Waals surface area contributed by atoms with E-state index in [-0.39, 0.29) is 11.5 Å². The smallest absolute Gasteiger partial charge is 0.231 e. The molecule has 0 atom stereocenters. The highest BCUT2D eigenvalue weighted by Crippen LogP contribution is 2.42. The maximum absolute atomic E-state index is 13.0. The summed E-state index contributed by atoms with van der Waals surface area (Å²) in [5, 5.41) is 0. The van der Waals surface area contributed by atoms with Crippen molar-refractivity contribution in [2.45, 2.75) is 13.1 Å². The Kier molecular flexibility index (Phi) is 4.69. The lowest BCUT2D eigenvalue weighted by Crippen LogP contribution is -2.31. The fourth-order valence-electron chi connectivity index (χ4n) is 3.78. The van der Waals surface area contributed by atoms with Gasteiger partial charge in [0.1, 0.15) is 24.0 Å². The molecule has 1 aromatic heterocycles. The van der Waals surface area contributed by atoms with Gasteiger partial charge in [-0.1, -0.05) is 24.3 Å². The van der Waals surface area contributed by atoms with Gasteiger partial charge in [-0.25, -0.2) is 0 Å². The number of pyridine rings is 1. The number of Topliss-reactive ketones (excluding diaryl/α,β-unsaturated/α-hetero) is 1. The van der Waals surface area contributed by atoms with Crippen LogP contribution in [0.1, 0.15) is 27.0 Å². The SMILES string of the molecule is COc1ccccc1/C=C1\Oc2c(ccc3c2CN(Cc2cccnc2)CO3)C1=O. The summed E-state index contributed by atoms with van der Waals surface area (Å²) in [6.45, 7) is 1.80. The van der Waals surface area contributed by atoms with Crippen molar-refractivity contribution in [3.05, 3.63) is 88.9 Å².